The Morgan fingerprint density at radius 2 is 2.14 bits per heavy atom. The fourth-order valence-electron chi connectivity index (χ4n) is 3.54. The van der Waals surface area contributed by atoms with Crippen molar-refractivity contribution in [3.8, 4) is 17.0 Å². The molecule has 0 bridgehead atoms. The van der Waals surface area contributed by atoms with Crippen LogP contribution in [-0.2, 0) is 11.8 Å². The predicted octanol–water partition coefficient (Wildman–Crippen LogP) is 3.05. The van der Waals surface area contributed by atoms with E-state index in [1.165, 1.54) is 0 Å². The number of unbranched alkanes of at least 4 members (excludes halogenated alkanes) is 1. The normalized spacial score (nSPS) is 15.4. The van der Waals surface area contributed by atoms with Crippen LogP contribution in [0, 0.1) is 0 Å². The van der Waals surface area contributed by atoms with Crippen molar-refractivity contribution >= 4 is 11.6 Å². The number of ether oxygens (including phenoxy) is 1. The van der Waals surface area contributed by atoms with E-state index in [4.69, 9.17) is 4.74 Å². The summed E-state index contributed by atoms with van der Waals surface area (Å²) in [5.74, 6) is 0.806. The Morgan fingerprint density at radius 3 is 2.83 bits per heavy atom. The van der Waals surface area contributed by atoms with E-state index in [0.717, 1.165) is 68.0 Å². The molecule has 1 aromatic carbocycles. The van der Waals surface area contributed by atoms with Crippen molar-refractivity contribution in [1.82, 2.24) is 14.5 Å². The number of rotatable bonds is 9. The zero-order chi connectivity index (χ0) is 20.6. The number of hydrogen-bond donors (Lipinski definition) is 2. The third kappa shape index (κ3) is 6.05. The summed E-state index contributed by atoms with van der Waals surface area (Å²) in [6, 6.07) is 5.75. The minimum absolute atomic E-state index is 0.0313. The monoisotopic (exact) mass is 400 g/mol. The van der Waals surface area contributed by atoms with Gasteiger partial charge in [-0.15, -0.1) is 0 Å². The van der Waals surface area contributed by atoms with E-state index in [2.05, 4.69) is 22.1 Å². The van der Waals surface area contributed by atoms with Crippen molar-refractivity contribution in [2.45, 2.75) is 45.1 Å². The molecule has 0 spiro atoms. The van der Waals surface area contributed by atoms with Gasteiger partial charge in [0.15, 0.2) is 0 Å². The molecule has 1 aliphatic rings. The Bertz CT molecular complexity index is 797. The first kappa shape index (κ1) is 21.3. The molecule has 2 heterocycles. The van der Waals surface area contributed by atoms with Crippen molar-refractivity contribution < 1.29 is 14.6 Å². The third-order valence-electron chi connectivity index (χ3n) is 5.34. The van der Waals surface area contributed by atoms with E-state index in [1.807, 2.05) is 29.8 Å². The molecule has 0 saturated carbocycles. The minimum atomic E-state index is -0.163. The first-order valence-electron chi connectivity index (χ1n) is 10.5. The molecule has 1 saturated heterocycles. The lowest BCUT2D eigenvalue weighted by Gasteiger charge is -2.29. The average molecular weight is 401 g/mol. The summed E-state index contributed by atoms with van der Waals surface area (Å²) in [5.41, 5.74) is 2.61. The van der Waals surface area contributed by atoms with E-state index in [0.29, 0.717) is 13.0 Å². The number of amides is 1. The molecular weight excluding hydrogens is 368 g/mol. The third-order valence-corrected chi connectivity index (χ3v) is 5.34. The second-order valence-electron chi connectivity index (χ2n) is 7.67. The molecule has 0 radical (unpaired) electrons. The highest BCUT2D eigenvalue weighted by molar-refractivity contribution is 5.91. The molecule has 0 atom stereocenters. The van der Waals surface area contributed by atoms with Crippen molar-refractivity contribution in [2.24, 2.45) is 7.05 Å². The standard InChI is InChI=1S/C22H32N4O3/c1-3-4-5-22(28)24-17-6-7-21(19(14-17)20-15-23-16-25(20)2)29-13-12-26-10-8-18(27)9-11-26/h6-7,14-16,18,27H,3-5,8-13H2,1-2H3,(H,24,28). The van der Waals surface area contributed by atoms with Crippen LogP contribution >= 0.6 is 0 Å². The highest BCUT2D eigenvalue weighted by atomic mass is 16.5. The fraction of sp³-hybridized carbons (Fsp3) is 0.545. The number of anilines is 1. The number of benzene rings is 1. The number of likely N-dealkylation sites (tertiary alicyclic amines) is 1. The van der Waals surface area contributed by atoms with E-state index in [1.54, 1.807) is 12.5 Å². The summed E-state index contributed by atoms with van der Waals surface area (Å²) in [4.78, 5) is 18.6. The van der Waals surface area contributed by atoms with Gasteiger partial charge in [-0.3, -0.25) is 9.69 Å². The Balaban J connectivity index is 1.68. The van der Waals surface area contributed by atoms with E-state index >= 15 is 0 Å². The summed E-state index contributed by atoms with van der Waals surface area (Å²) >= 11 is 0. The first-order chi connectivity index (χ1) is 14.1. The van der Waals surface area contributed by atoms with Gasteiger partial charge >= 0.3 is 0 Å². The summed E-state index contributed by atoms with van der Waals surface area (Å²) in [6.07, 6.45) is 7.45. The van der Waals surface area contributed by atoms with Gasteiger partial charge in [-0.2, -0.15) is 0 Å². The zero-order valence-electron chi connectivity index (χ0n) is 17.4. The van der Waals surface area contributed by atoms with Crippen LogP contribution in [0.1, 0.15) is 39.0 Å². The van der Waals surface area contributed by atoms with E-state index in [-0.39, 0.29) is 12.0 Å². The van der Waals surface area contributed by atoms with Crippen molar-refractivity contribution in [3.63, 3.8) is 0 Å². The lowest BCUT2D eigenvalue weighted by atomic mass is 10.1. The summed E-state index contributed by atoms with van der Waals surface area (Å²) in [7, 11) is 1.94. The average Bonchev–Trinajstić information content (AvgIpc) is 3.14. The molecule has 158 valence electrons. The van der Waals surface area contributed by atoms with E-state index < -0.39 is 0 Å². The molecule has 0 aliphatic carbocycles. The summed E-state index contributed by atoms with van der Waals surface area (Å²) < 4.78 is 8.05. The van der Waals surface area contributed by atoms with Gasteiger partial charge < -0.3 is 19.7 Å². The molecule has 1 aromatic heterocycles. The summed E-state index contributed by atoms with van der Waals surface area (Å²) in [6.45, 7) is 5.28. The van der Waals surface area contributed by atoms with Gasteiger partial charge in [0, 0.05) is 44.4 Å². The highest BCUT2D eigenvalue weighted by Gasteiger charge is 2.17. The SMILES string of the molecule is CCCCC(=O)Nc1ccc(OCCN2CCC(O)CC2)c(-c2cncn2C)c1. The van der Waals surface area contributed by atoms with Crippen molar-refractivity contribution in [2.75, 3.05) is 31.6 Å². The smallest absolute Gasteiger partial charge is 0.224 e. The Labute approximate surface area is 172 Å². The molecular formula is C22H32N4O3. The number of nitrogens with zero attached hydrogens (tertiary/aromatic N) is 3. The Kier molecular flexibility index (Phi) is 7.66. The lowest BCUT2D eigenvalue weighted by Crippen LogP contribution is -2.38. The number of carbonyl (C=O) groups excluding carboxylic acids is 1. The Morgan fingerprint density at radius 1 is 1.34 bits per heavy atom. The maximum Gasteiger partial charge on any atom is 0.224 e. The molecule has 2 N–H and O–H groups in total. The molecule has 7 nitrogen and oxygen atoms in total. The van der Waals surface area contributed by atoms with Crippen LogP contribution in [0.4, 0.5) is 5.69 Å². The maximum atomic E-state index is 12.1. The molecule has 3 rings (SSSR count). The van der Waals surface area contributed by atoms with Crippen LogP contribution in [0.15, 0.2) is 30.7 Å². The second kappa shape index (κ2) is 10.4. The molecule has 2 aromatic rings. The number of aliphatic hydroxyl groups excluding tert-OH is 1. The van der Waals surface area contributed by atoms with Crippen LogP contribution in [0.3, 0.4) is 0 Å². The van der Waals surface area contributed by atoms with Gasteiger partial charge in [-0.05, 0) is 37.5 Å². The van der Waals surface area contributed by atoms with Crippen molar-refractivity contribution in [1.29, 1.82) is 0 Å². The highest BCUT2D eigenvalue weighted by Crippen LogP contribution is 2.32. The van der Waals surface area contributed by atoms with Crippen LogP contribution < -0.4 is 10.1 Å². The van der Waals surface area contributed by atoms with Crippen molar-refractivity contribution in [3.05, 3.63) is 30.7 Å². The summed E-state index contributed by atoms with van der Waals surface area (Å²) in [5, 5.41) is 12.6. The maximum absolute atomic E-state index is 12.1. The molecule has 1 fully saturated rings. The zero-order valence-corrected chi connectivity index (χ0v) is 17.4. The predicted molar refractivity (Wildman–Crippen MR) is 114 cm³/mol. The molecule has 7 heteroatoms. The fourth-order valence-corrected chi connectivity index (χ4v) is 3.54. The number of aliphatic hydroxyl groups is 1. The molecule has 1 amide bonds. The minimum Gasteiger partial charge on any atom is -0.492 e. The topological polar surface area (TPSA) is 79.6 Å². The van der Waals surface area contributed by atoms with Crippen LogP contribution in [0.2, 0.25) is 0 Å². The lowest BCUT2D eigenvalue weighted by molar-refractivity contribution is -0.116. The Hall–Kier alpha value is -2.38. The second-order valence-corrected chi connectivity index (χ2v) is 7.67. The van der Waals surface area contributed by atoms with Crippen LogP contribution in [0.5, 0.6) is 5.75 Å². The number of piperidine rings is 1. The van der Waals surface area contributed by atoms with Crippen LogP contribution in [0.25, 0.3) is 11.3 Å². The molecule has 29 heavy (non-hydrogen) atoms. The number of aryl methyl sites for hydroxylation is 1. The van der Waals surface area contributed by atoms with Gasteiger partial charge in [-0.25, -0.2) is 4.98 Å². The van der Waals surface area contributed by atoms with Gasteiger partial charge in [0.2, 0.25) is 5.91 Å². The van der Waals surface area contributed by atoms with E-state index in [9.17, 15) is 9.90 Å². The number of carbonyl (C=O) groups is 1. The van der Waals surface area contributed by atoms with Gasteiger partial charge in [-0.1, -0.05) is 13.3 Å². The first-order valence-corrected chi connectivity index (χ1v) is 10.5. The number of hydrogen-bond acceptors (Lipinski definition) is 5. The van der Waals surface area contributed by atoms with Gasteiger partial charge in [0.25, 0.3) is 0 Å². The van der Waals surface area contributed by atoms with Gasteiger partial charge in [0.1, 0.15) is 12.4 Å². The quantitative estimate of drug-likeness (QED) is 0.676. The largest absolute Gasteiger partial charge is 0.492 e. The number of aromatic nitrogens is 2. The molecule has 1 aliphatic heterocycles. The molecule has 0 unspecified atom stereocenters. The number of nitrogens with one attached hydrogen (secondary N) is 1. The van der Waals surface area contributed by atoms with Gasteiger partial charge in [0.05, 0.1) is 24.3 Å². The van der Waals surface area contributed by atoms with Crippen LogP contribution in [-0.4, -0.2) is 57.8 Å². The number of imidazole rings is 1.